The summed E-state index contributed by atoms with van der Waals surface area (Å²) < 4.78 is 5.09. The zero-order chi connectivity index (χ0) is 8.97. The molecular formula is C9H19NO2. The Labute approximate surface area is 74.1 Å². The molecule has 0 bridgehead atoms. The summed E-state index contributed by atoms with van der Waals surface area (Å²) in [5.41, 5.74) is 0. The van der Waals surface area contributed by atoms with Crippen LogP contribution in [-0.2, 0) is 4.74 Å². The fraction of sp³-hybridized carbons (Fsp3) is 1.00. The number of nitrogens with one attached hydrogen (secondary N) is 1. The van der Waals surface area contributed by atoms with Gasteiger partial charge in [-0.1, -0.05) is 0 Å². The van der Waals surface area contributed by atoms with Crippen molar-refractivity contribution in [3.8, 4) is 0 Å². The summed E-state index contributed by atoms with van der Waals surface area (Å²) in [5.74, 6) is 0.781. The van der Waals surface area contributed by atoms with E-state index < -0.39 is 0 Å². The highest BCUT2D eigenvalue weighted by Gasteiger charge is 2.30. The number of methoxy groups -OCH3 is 1. The molecule has 0 aromatic carbocycles. The van der Waals surface area contributed by atoms with Gasteiger partial charge in [0.2, 0.25) is 0 Å². The molecule has 0 radical (unpaired) electrons. The van der Waals surface area contributed by atoms with Crippen LogP contribution in [0.25, 0.3) is 0 Å². The zero-order valence-corrected chi connectivity index (χ0v) is 7.92. The fourth-order valence-electron chi connectivity index (χ4n) is 1.36. The van der Waals surface area contributed by atoms with Gasteiger partial charge in [-0.3, -0.25) is 0 Å². The molecule has 2 atom stereocenters. The van der Waals surface area contributed by atoms with Crippen molar-refractivity contribution in [2.45, 2.75) is 31.9 Å². The predicted molar refractivity (Wildman–Crippen MR) is 48.1 cm³/mol. The van der Waals surface area contributed by atoms with Gasteiger partial charge in [-0.15, -0.1) is 0 Å². The average molecular weight is 173 g/mol. The Kier molecular flexibility index (Phi) is 3.98. The Morgan fingerprint density at radius 2 is 2.25 bits per heavy atom. The molecule has 0 heterocycles. The smallest absolute Gasteiger partial charge is 0.0636 e. The van der Waals surface area contributed by atoms with Gasteiger partial charge in [-0.05, 0) is 25.7 Å². The molecule has 3 nitrogen and oxygen atoms in total. The molecule has 0 aromatic rings. The van der Waals surface area contributed by atoms with Gasteiger partial charge in [-0.25, -0.2) is 0 Å². The lowest BCUT2D eigenvalue weighted by Crippen LogP contribution is -2.39. The third-order valence-electron chi connectivity index (χ3n) is 2.21. The van der Waals surface area contributed by atoms with Gasteiger partial charge in [0.15, 0.2) is 0 Å². The van der Waals surface area contributed by atoms with E-state index in [2.05, 4.69) is 5.32 Å². The minimum absolute atomic E-state index is 0.261. The van der Waals surface area contributed by atoms with Crippen molar-refractivity contribution in [1.82, 2.24) is 5.32 Å². The Hall–Kier alpha value is -0.120. The first-order valence-electron chi connectivity index (χ1n) is 4.64. The number of ether oxygens (including phenoxy) is 1. The topological polar surface area (TPSA) is 41.5 Å². The summed E-state index contributed by atoms with van der Waals surface area (Å²) in [6, 6.07) is 0.449. The van der Waals surface area contributed by atoms with Crippen LogP contribution in [0, 0.1) is 5.92 Å². The van der Waals surface area contributed by atoms with Gasteiger partial charge in [0.25, 0.3) is 0 Å². The Morgan fingerprint density at radius 3 is 2.67 bits per heavy atom. The SMILES string of the molecule is COCC(NC[C@H](C)O)C1CC1. The van der Waals surface area contributed by atoms with Crippen LogP contribution in [-0.4, -0.2) is 37.5 Å². The lowest BCUT2D eigenvalue weighted by molar-refractivity contribution is 0.138. The summed E-state index contributed by atoms with van der Waals surface area (Å²) in [6.07, 6.45) is 2.35. The van der Waals surface area contributed by atoms with Crippen molar-refractivity contribution in [1.29, 1.82) is 0 Å². The van der Waals surface area contributed by atoms with E-state index in [1.807, 2.05) is 0 Å². The van der Waals surface area contributed by atoms with E-state index in [9.17, 15) is 0 Å². The van der Waals surface area contributed by atoms with Crippen molar-refractivity contribution in [2.24, 2.45) is 5.92 Å². The largest absolute Gasteiger partial charge is 0.392 e. The Bertz CT molecular complexity index is 124. The lowest BCUT2D eigenvalue weighted by atomic mass is 10.2. The van der Waals surface area contributed by atoms with Crippen LogP contribution in [0.2, 0.25) is 0 Å². The highest BCUT2D eigenvalue weighted by Crippen LogP contribution is 2.32. The molecule has 3 heteroatoms. The molecule has 1 rings (SSSR count). The van der Waals surface area contributed by atoms with Gasteiger partial charge in [-0.2, -0.15) is 0 Å². The van der Waals surface area contributed by atoms with Crippen LogP contribution in [0.4, 0.5) is 0 Å². The van der Waals surface area contributed by atoms with Gasteiger partial charge >= 0.3 is 0 Å². The van der Waals surface area contributed by atoms with E-state index in [1.165, 1.54) is 12.8 Å². The molecule has 1 unspecified atom stereocenters. The molecule has 0 aliphatic heterocycles. The van der Waals surface area contributed by atoms with Crippen molar-refractivity contribution < 1.29 is 9.84 Å². The highest BCUT2D eigenvalue weighted by molar-refractivity contribution is 4.86. The van der Waals surface area contributed by atoms with Gasteiger partial charge in [0.05, 0.1) is 12.7 Å². The Balaban J connectivity index is 2.13. The number of aliphatic hydroxyl groups excluding tert-OH is 1. The lowest BCUT2D eigenvalue weighted by Gasteiger charge is -2.18. The van der Waals surface area contributed by atoms with E-state index in [-0.39, 0.29) is 6.10 Å². The summed E-state index contributed by atoms with van der Waals surface area (Å²) in [4.78, 5) is 0. The summed E-state index contributed by atoms with van der Waals surface area (Å²) in [5, 5.41) is 12.4. The second kappa shape index (κ2) is 4.80. The van der Waals surface area contributed by atoms with Crippen LogP contribution in [0.15, 0.2) is 0 Å². The van der Waals surface area contributed by atoms with Crippen molar-refractivity contribution >= 4 is 0 Å². The molecule has 0 amide bonds. The van der Waals surface area contributed by atoms with Crippen LogP contribution in [0.1, 0.15) is 19.8 Å². The van der Waals surface area contributed by atoms with Gasteiger partial charge < -0.3 is 15.2 Å². The summed E-state index contributed by atoms with van der Waals surface area (Å²) in [7, 11) is 1.72. The molecule has 1 saturated carbocycles. The third kappa shape index (κ3) is 3.52. The first-order chi connectivity index (χ1) is 5.74. The first-order valence-corrected chi connectivity index (χ1v) is 4.64. The normalized spacial score (nSPS) is 22.2. The summed E-state index contributed by atoms with van der Waals surface area (Å²) in [6.45, 7) is 3.23. The predicted octanol–water partition coefficient (Wildman–Crippen LogP) is 0.382. The highest BCUT2D eigenvalue weighted by atomic mass is 16.5. The third-order valence-corrected chi connectivity index (χ3v) is 2.21. The minimum atomic E-state index is -0.261. The second-order valence-corrected chi connectivity index (χ2v) is 3.66. The molecule has 0 aromatic heterocycles. The zero-order valence-electron chi connectivity index (χ0n) is 7.92. The van der Waals surface area contributed by atoms with Crippen molar-refractivity contribution in [3.05, 3.63) is 0 Å². The monoisotopic (exact) mass is 173 g/mol. The van der Waals surface area contributed by atoms with E-state index >= 15 is 0 Å². The van der Waals surface area contributed by atoms with Crippen molar-refractivity contribution in [2.75, 3.05) is 20.3 Å². The standard InChI is InChI=1S/C9H19NO2/c1-7(11)5-10-9(6-12-2)8-3-4-8/h7-11H,3-6H2,1-2H3/t7-,9?/m0/s1. The van der Waals surface area contributed by atoms with E-state index in [0.717, 1.165) is 12.5 Å². The number of aliphatic hydroxyl groups is 1. The second-order valence-electron chi connectivity index (χ2n) is 3.66. The van der Waals surface area contributed by atoms with Gasteiger partial charge in [0, 0.05) is 19.7 Å². The number of hydrogen-bond acceptors (Lipinski definition) is 3. The molecule has 2 N–H and O–H groups in total. The Morgan fingerprint density at radius 1 is 1.58 bits per heavy atom. The van der Waals surface area contributed by atoms with Crippen LogP contribution < -0.4 is 5.32 Å². The van der Waals surface area contributed by atoms with E-state index in [4.69, 9.17) is 9.84 Å². The van der Waals surface area contributed by atoms with E-state index in [1.54, 1.807) is 14.0 Å². The molecule has 72 valence electrons. The van der Waals surface area contributed by atoms with E-state index in [0.29, 0.717) is 12.6 Å². The van der Waals surface area contributed by atoms with Crippen LogP contribution in [0.3, 0.4) is 0 Å². The minimum Gasteiger partial charge on any atom is -0.392 e. The molecule has 1 fully saturated rings. The summed E-state index contributed by atoms with van der Waals surface area (Å²) >= 11 is 0. The van der Waals surface area contributed by atoms with Gasteiger partial charge in [0.1, 0.15) is 0 Å². The maximum Gasteiger partial charge on any atom is 0.0636 e. The molecule has 12 heavy (non-hydrogen) atoms. The first kappa shape index (κ1) is 9.96. The average Bonchev–Trinajstić information content (AvgIpc) is 2.79. The fourth-order valence-corrected chi connectivity index (χ4v) is 1.36. The maximum absolute atomic E-state index is 9.07. The maximum atomic E-state index is 9.07. The molecule has 1 aliphatic carbocycles. The molecule has 0 saturated heterocycles. The quantitative estimate of drug-likeness (QED) is 0.610. The van der Waals surface area contributed by atoms with Crippen LogP contribution in [0.5, 0.6) is 0 Å². The number of hydrogen-bond donors (Lipinski definition) is 2. The molecule has 1 aliphatic rings. The molecular weight excluding hydrogens is 154 g/mol. The number of rotatable bonds is 6. The van der Waals surface area contributed by atoms with Crippen LogP contribution >= 0.6 is 0 Å². The van der Waals surface area contributed by atoms with Crippen molar-refractivity contribution in [3.63, 3.8) is 0 Å². The molecule has 0 spiro atoms.